The van der Waals surface area contributed by atoms with Crippen LogP contribution in [0.4, 0.5) is 28.4 Å². The molecular weight excluding hydrogens is 1080 g/mol. The monoisotopic (exact) mass is 1130 g/mol. The van der Waals surface area contributed by atoms with E-state index < -0.39 is 5.41 Å². The first-order valence-corrected chi connectivity index (χ1v) is 30.9. The summed E-state index contributed by atoms with van der Waals surface area (Å²) in [5.41, 5.74) is 25.4. The van der Waals surface area contributed by atoms with E-state index in [1.165, 1.54) is 81.8 Å². The molecule has 0 saturated heterocycles. The molecule has 1 aliphatic heterocycles. The van der Waals surface area contributed by atoms with Crippen LogP contribution in [0.1, 0.15) is 53.6 Å². The van der Waals surface area contributed by atoms with Crippen LogP contribution in [-0.2, 0) is 10.8 Å². The van der Waals surface area contributed by atoms with Crippen LogP contribution in [0.3, 0.4) is 0 Å². The molecule has 4 aliphatic rings. The van der Waals surface area contributed by atoms with Crippen molar-refractivity contribution in [3.05, 3.63) is 311 Å². The van der Waals surface area contributed by atoms with Gasteiger partial charge in [-0.15, -0.1) is 0 Å². The molecule has 14 aromatic rings. The quantitative estimate of drug-likeness (QED) is 0.151. The number of hydrogen-bond acceptors (Lipinski definition) is 6. The number of anilines is 5. The summed E-state index contributed by atoms with van der Waals surface area (Å²) >= 11 is 1.88. The lowest BCUT2D eigenvalue weighted by atomic mass is 9.67. The van der Waals surface area contributed by atoms with E-state index in [4.69, 9.17) is 8.83 Å². The molecule has 1 unspecified atom stereocenters. The summed E-state index contributed by atoms with van der Waals surface area (Å²) in [6.07, 6.45) is 9.32. The highest BCUT2D eigenvalue weighted by atomic mass is 32.2. The topological polar surface area (TPSA) is 45.7 Å². The van der Waals surface area contributed by atoms with Crippen molar-refractivity contribution in [2.45, 2.75) is 46.9 Å². The number of aromatic nitrogens is 1. The second kappa shape index (κ2) is 19.1. The molecule has 6 heteroatoms. The minimum absolute atomic E-state index is 0.00304. The zero-order valence-corrected chi connectivity index (χ0v) is 48.7. The van der Waals surface area contributed by atoms with Gasteiger partial charge in [-0.1, -0.05) is 202 Å². The number of pyridine rings is 1. The SMILES string of the molecule is CC1(C)c2ccccc2-c2cccc(-c3cccc(N(c4ccc5c(c4)Sc4ccc(N(c6ccccc6)C6C=c7oc8ccccc8c7=CC6)cc4C54c5ccccc5-c5ccccc54)c4cc(-c5cccnc5)c5oc6ccccc6c5c4)c3)c21. The average molecular weight is 1130 g/mol. The van der Waals surface area contributed by atoms with Crippen LogP contribution in [0, 0.1) is 0 Å². The van der Waals surface area contributed by atoms with Crippen LogP contribution in [0.2, 0.25) is 0 Å². The van der Waals surface area contributed by atoms with Gasteiger partial charge >= 0.3 is 0 Å². The van der Waals surface area contributed by atoms with Crippen molar-refractivity contribution in [1.82, 2.24) is 4.98 Å². The summed E-state index contributed by atoms with van der Waals surface area (Å²) < 4.78 is 13.4. The van der Waals surface area contributed by atoms with Crippen molar-refractivity contribution in [3.63, 3.8) is 0 Å². The minimum Gasteiger partial charge on any atom is -0.456 e. The largest absolute Gasteiger partial charge is 0.456 e. The second-order valence-corrected chi connectivity index (χ2v) is 25.1. The Balaban J connectivity index is 0.856. The lowest BCUT2D eigenvalue weighted by molar-refractivity contribution is 0.568. The highest BCUT2D eigenvalue weighted by molar-refractivity contribution is 7.99. The summed E-state index contributed by atoms with van der Waals surface area (Å²) in [7, 11) is 0. The number of nitrogens with zero attached hydrogens (tertiary/aromatic N) is 3. The number of hydrogen-bond donors (Lipinski definition) is 0. The Kier molecular flexibility index (Phi) is 10.9. The molecule has 1 atom stereocenters. The van der Waals surface area contributed by atoms with Crippen LogP contribution < -0.4 is 20.4 Å². The van der Waals surface area contributed by atoms with Crippen molar-refractivity contribution in [2.75, 3.05) is 9.80 Å². The first-order chi connectivity index (χ1) is 42.9. The number of benzene rings is 11. The smallest absolute Gasteiger partial charge is 0.143 e. The van der Waals surface area contributed by atoms with Gasteiger partial charge in [-0.05, 0) is 164 Å². The Morgan fingerprint density at radius 1 is 0.437 bits per heavy atom. The molecule has 0 bridgehead atoms. The number of rotatable bonds is 8. The van der Waals surface area contributed by atoms with Gasteiger partial charge in [-0.25, -0.2) is 0 Å². The molecule has 0 N–H and O–H groups in total. The van der Waals surface area contributed by atoms with E-state index in [1.54, 1.807) is 0 Å². The third kappa shape index (κ3) is 7.38. The first-order valence-electron chi connectivity index (χ1n) is 30.1. The van der Waals surface area contributed by atoms with Crippen LogP contribution >= 0.6 is 11.8 Å². The zero-order chi connectivity index (χ0) is 57.5. The molecule has 0 saturated carbocycles. The Morgan fingerprint density at radius 3 is 1.87 bits per heavy atom. The number of para-hydroxylation sites is 3. The van der Waals surface area contributed by atoms with Crippen LogP contribution in [0.25, 0.3) is 89.6 Å². The Morgan fingerprint density at radius 2 is 1.08 bits per heavy atom. The van der Waals surface area contributed by atoms with Crippen LogP contribution in [0.5, 0.6) is 0 Å². The molecule has 412 valence electrons. The van der Waals surface area contributed by atoms with Gasteiger partial charge in [0.25, 0.3) is 0 Å². The molecule has 0 radical (unpaired) electrons. The molecular formula is C81H55N3O2S. The van der Waals surface area contributed by atoms with Crippen molar-refractivity contribution in [2.24, 2.45) is 0 Å². The molecule has 87 heavy (non-hydrogen) atoms. The van der Waals surface area contributed by atoms with E-state index in [2.05, 4.69) is 290 Å². The lowest BCUT2D eigenvalue weighted by Crippen LogP contribution is -2.37. The maximum Gasteiger partial charge on any atom is 0.143 e. The fourth-order valence-corrected chi connectivity index (χ4v) is 16.6. The Hall–Kier alpha value is -10.4. The van der Waals surface area contributed by atoms with Gasteiger partial charge < -0.3 is 18.6 Å². The van der Waals surface area contributed by atoms with Gasteiger partial charge in [-0.2, -0.15) is 0 Å². The Labute approximate surface area is 508 Å². The van der Waals surface area contributed by atoms with Gasteiger partial charge in [0.15, 0.2) is 0 Å². The van der Waals surface area contributed by atoms with E-state index in [1.807, 2.05) is 30.2 Å². The second-order valence-electron chi connectivity index (χ2n) is 24.1. The predicted octanol–water partition coefficient (Wildman–Crippen LogP) is 19.8. The fraction of sp³-hybridized carbons (Fsp3) is 0.0741. The van der Waals surface area contributed by atoms with Crippen LogP contribution in [0.15, 0.2) is 286 Å². The molecule has 1 spiro atoms. The molecule has 4 heterocycles. The first kappa shape index (κ1) is 50.0. The molecule has 0 amide bonds. The van der Waals surface area contributed by atoms with Gasteiger partial charge in [0.05, 0.1) is 11.5 Å². The Bertz CT molecular complexity index is 5260. The predicted molar refractivity (Wildman–Crippen MR) is 357 cm³/mol. The number of furan rings is 2. The standard InChI is InChI=1S/C81H55N3O2S/c1-80(2)68-31-11-6-26-61(68)65-30-17-29-58(78(65)80)50-19-16-23-53(43-50)84(57-44-66(51-20-18-42-82-49-51)79-67(45-57)63-28-10-15-35-74(63)86-79)56-37-40-71-77(48-56)87-76-41-38-54(46-72(76)81(71)69-32-12-7-24-59(69)60-25-8-13-33-70(60)81)83(52-21-4-3-5-22-52)55-36-39-64-62-27-9-14-34-73(62)85-75(64)47-55/h3-35,37-49,55H,36H2,1-2H3. The van der Waals surface area contributed by atoms with E-state index in [-0.39, 0.29) is 11.5 Å². The summed E-state index contributed by atoms with van der Waals surface area (Å²) in [5, 5.41) is 4.45. The number of fused-ring (bicyclic) bond motifs is 18. The molecule has 5 nitrogen and oxygen atoms in total. The molecule has 0 fully saturated rings. The third-order valence-corrected chi connectivity index (χ3v) is 20.2. The van der Waals surface area contributed by atoms with Gasteiger partial charge in [0.1, 0.15) is 22.2 Å². The van der Waals surface area contributed by atoms with E-state index in [0.717, 1.165) is 84.3 Å². The lowest BCUT2D eigenvalue weighted by Gasteiger charge is -2.41. The van der Waals surface area contributed by atoms with Crippen molar-refractivity contribution in [1.29, 1.82) is 0 Å². The summed E-state index contributed by atoms with van der Waals surface area (Å²) in [6, 6.07) is 94.2. The fourth-order valence-electron chi connectivity index (χ4n) is 15.4. The van der Waals surface area contributed by atoms with Crippen LogP contribution in [-0.4, -0.2) is 11.0 Å². The normalized spacial score (nSPS) is 15.2. The zero-order valence-electron chi connectivity index (χ0n) is 47.9. The maximum absolute atomic E-state index is 6.82. The highest BCUT2D eigenvalue weighted by Crippen LogP contribution is 2.64. The minimum atomic E-state index is -0.654. The molecule has 3 aliphatic carbocycles. The van der Waals surface area contributed by atoms with Crippen molar-refractivity contribution in [3.8, 4) is 44.5 Å². The van der Waals surface area contributed by atoms with Gasteiger partial charge in [0, 0.05) is 88.5 Å². The highest BCUT2D eigenvalue weighted by Gasteiger charge is 2.51. The van der Waals surface area contributed by atoms with Gasteiger partial charge in [-0.3, -0.25) is 4.98 Å². The van der Waals surface area contributed by atoms with E-state index in [9.17, 15) is 0 Å². The van der Waals surface area contributed by atoms with Crippen molar-refractivity contribution >= 4 is 85.3 Å². The van der Waals surface area contributed by atoms with E-state index in [0.29, 0.717) is 0 Å². The van der Waals surface area contributed by atoms with Crippen molar-refractivity contribution < 1.29 is 8.83 Å². The summed E-state index contributed by atoms with van der Waals surface area (Å²) in [6.45, 7) is 4.76. The molecule has 18 rings (SSSR count). The average Bonchev–Trinajstić information content (AvgIpc) is 1.79. The maximum atomic E-state index is 6.82. The molecule has 3 aromatic heterocycles. The van der Waals surface area contributed by atoms with E-state index >= 15 is 0 Å². The summed E-state index contributed by atoms with van der Waals surface area (Å²) in [4.78, 5) is 12.1. The summed E-state index contributed by atoms with van der Waals surface area (Å²) in [5.74, 6) is 0. The molecule has 11 aromatic carbocycles. The van der Waals surface area contributed by atoms with Gasteiger partial charge in [0.2, 0.25) is 0 Å². The third-order valence-electron chi connectivity index (χ3n) is 19.1.